The fourth-order valence-corrected chi connectivity index (χ4v) is 0.893. The second kappa shape index (κ2) is 1.95. The van der Waals surface area contributed by atoms with E-state index in [9.17, 15) is 14.9 Å². The van der Waals surface area contributed by atoms with Crippen molar-refractivity contribution >= 4 is 16.8 Å². The van der Waals surface area contributed by atoms with Crippen molar-refractivity contribution in [3.8, 4) is 0 Å². The van der Waals surface area contributed by atoms with Crippen LogP contribution in [0.25, 0.3) is 0 Å². The van der Waals surface area contributed by atoms with Gasteiger partial charge < -0.3 is 0 Å². The molecule has 1 saturated carbocycles. The van der Waals surface area contributed by atoms with Crippen molar-refractivity contribution in [1.82, 2.24) is 0 Å². The van der Waals surface area contributed by atoms with Crippen molar-refractivity contribution in [3.05, 3.63) is 10.1 Å². The summed E-state index contributed by atoms with van der Waals surface area (Å²) in [5.41, 5.74) is 0. The molecule has 0 radical (unpaired) electrons. The maximum Gasteiger partial charge on any atom is 0.231 e. The summed E-state index contributed by atoms with van der Waals surface area (Å²) in [7, 11) is 0. The van der Waals surface area contributed by atoms with Gasteiger partial charge in [0.05, 0.1) is 0 Å². The summed E-state index contributed by atoms with van der Waals surface area (Å²) in [6.45, 7) is 0. The largest absolute Gasteiger partial charge is 0.281 e. The molecule has 5 heteroatoms. The first-order valence-corrected chi connectivity index (χ1v) is 2.83. The first kappa shape index (κ1) is 6.48. The molecule has 0 saturated heterocycles. The molecule has 1 rings (SSSR count). The highest BCUT2D eigenvalue weighted by molar-refractivity contribution is 6.64. The van der Waals surface area contributed by atoms with Crippen molar-refractivity contribution in [1.29, 1.82) is 0 Å². The molecule has 0 unspecified atom stereocenters. The van der Waals surface area contributed by atoms with E-state index in [1.54, 1.807) is 0 Å². The molecule has 0 heterocycles. The second-order valence-corrected chi connectivity index (χ2v) is 2.37. The minimum Gasteiger partial charge on any atom is -0.281 e. The number of carbonyl (C=O) groups excluding carboxylic acids is 1. The summed E-state index contributed by atoms with van der Waals surface area (Å²) in [5.74, 6) is -0.512. The topological polar surface area (TPSA) is 60.2 Å². The first-order chi connectivity index (χ1) is 4.13. The van der Waals surface area contributed by atoms with Gasteiger partial charge in [-0.3, -0.25) is 14.9 Å². The van der Waals surface area contributed by atoms with E-state index in [2.05, 4.69) is 0 Å². The van der Waals surface area contributed by atoms with Crippen molar-refractivity contribution in [2.45, 2.75) is 12.5 Å². The lowest BCUT2D eigenvalue weighted by Crippen LogP contribution is -2.06. The molecule has 50 valence electrons. The third-order valence-corrected chi connectivity index (χ3v) is 1.60. The fraction of sp³-hybridized carbons (Fsp3) is 0.750. The van der Waals surface area contributed by atoms with Crippen LogP contribution in [0, 0.1) is 16.0 Å². The average molecular weight is 150 g/mol. The predicted octanol–water partition coefficient (Wildman–Crippen LogP) is 0.417. The van der Waals surface area contributed by atoms with Gasteiger partial charge in [0, 0.05) is 11.3 Å². The van der Waals surface area contributed by atoms with Crippen LogP contribution in [0.4, 0.5) is 0 Å². The maximum atomic E-state index is 10.2. The second-order valence-electron chi connectivity index (χ2n) is 2.00. The molecule has 0 bridgehead atoms. The third-order valence-electron chi connectivity index (χ3n) is 1.32. The van der Waals surface area contributed by atoms with E-state index in [1.807, 2.05) is 0 Å². The van der Waals surface area contributed by atoms with Crippen LogP contribution in [0.5, 0.6) is 0 Å². The quantitative estimate of drug-likeness (QED) is 0.325. The predicted molar refractivity (Wildman–Crippen MR) is 29.7 cm³/mol. The Kier molecular flexibility index (Phi) is 1.40. The lowest BCUT2D eigenvalue weighted by molar-refractivity contribution is -0.497. The third kappa shape index (κ3) is 1.18. The van der Waals surface area contributed by atoms with E-state index < -0.39 is 22.1 Å². The highest BCUT2D eigenvalue weighted by Gasteiger charge is 2.52. The molecule has 1 aliphatic carbocycles. The van der Waals surface area contributed by atoms with E-state index in [0.717, 1.165) is 0 Å². The van der Waals surface area contributed by atoms with Crippen molar-refractivity contribution in [2.75, 3.05) is 0 Å². The summed E-state index contributed by atoms with van der Waals surface area (Å²) in [6.07, 6.45) is 0.315. The summed E-state index contributed by atoms with van der Waals surface area (Å²) >= 11 is 4.97. The van der Waals surface area contributed by atoms with Gasteiger partial charge >= 0.3 is 0 Å². The Bertz CT molecular complexity index is 151. The summed E-state index contributed by atoms with van der Waals surface area (Å²) < 4.78 is 0. The Morgan fingerprint density at radius 1 is 1.78 bits per heavy atom. The van der Waals surface area contributed by atoms with Crippen LogP contribution >= 0.6 is 11.6 Å². The van der Waals surface area contributed by atoms with Gasteiger partial charge in [-0.05, 0) is 11.6 Å². The van der Waals surface area contributed by atoms with Gasteiger partial charge in [-0.1, -0.05) is 0 Å². The molecule has 0 spiro atoms. The summed E-state index contributed by atoms with van der Waals surface area (Å²) in [6, 6.07) is -0.699. The van der Waals surface area contributed by atoms with Crippen LogP contribution in [0.2, 0.25) is 0 Å². The van der Waals surface area contributed by atoms with Crippen LogP contribution in [-0.4, -0.2) is 16.2 Å². The molecule has 1 aliphatic rings. The number of nitro groups is 1. The molecule has 9 heavy (non-hydrogen) atoms. The Morgan fingerprint density at radius 2 is 2.33 bits per heavy atom. The number of hydrogen-bond acceptors (Lipinski definition) is 3. The van der Waals surface area contributed by atoms with Gasteiger partial charge in [0.2, 0.25) is 11.3 Å². The van der Waals surface area contributed by atoms with Crippen LogP contribution in [0.15, 0.2) is 0 Å². The molecule has 4 nitrogen and oxygen atoms in total. The number of rotatable bonds is 2. The zero-order valence-electron chi connectivity index (χ0n) is 4.41. The Balaban J connectivity index is 2.42. The zero-order valence-corrected chi connectivity index (χ0v) is 5.17. The molecule has 0 aromatic heterocycles. The smallest absolute Gasteiger partial charge is 0.231 e. The van der Waals surface area contributed by atoms with E-state index in [-0.39, 0.29) is 0 Å². The Hall–Kier alpha value is -0.640. The van der Waals surface area contributed by atoms with E-state index in [4.69, 9.17) is 11.6 Å². The van der Waals surface area contributed by atoms with Crippen molar-refractivity contribution in [2.24, 2.45) is 5.92 Å². The molecule has 0 aliphatic heterocycles. The highest BCUT2D eigenvalue weighted by atomic mass is 35.5. The number of hydrogen-bond donors (Lipinski definition) is 0. The summed E-state index contributed by atoms with van der Waals surface area (Å²) in [5, 5.41) is 9.28. The first-order valence-electron chi connectivity index (χ1n) is 2.45. The minimum absolute atomic E-state index is 0.315. The molecule has 0 aromatic carbocycles. The van der Waals surface area contributed by atoms with Crippen LogP contribution in [-0.2, 0) is 4.79 Å². The fourth-order valence-electron chi connectivity index (χ4n) is 0.659. The monoisotopic (exact) mass is 149 g/mol. The number of nitrogens with zero attached hydrogens (tertiary/aromatic N) is 1. The van der Waals surface area contributed by atoms with Crippen LogP contribution in [0.3, 0.4) is 0 Å². The standard InChI is InChI=1S/C4H4ClNO3/c5-4(7)2-1-3(2)6(8)9/h2-3H,1H2/t2-,3-/m1/s1. The van der Waals surface area contributed by atoms with E-state index in [0.29, 0.717) is 6.42 Å². The van der Waals surface area contributed by atoms with E-state index >= 15 is 0 Å². The van der Waals surface area contributed by atoms with Crippen molar-refractivity contribution < 1.29 is 9.72 Å². The highest BCUT2D eigenvalue weighted by Crippen LogP contribution is 2.34. The Labute approximate surface area is 55.9 Å². The lowest BCUT2D eigenvalue weighted by atomic mass is 10.5. The molecule has 0 amide bonds. The average Bonchev–Trinajstić information content (AvgIpc) is 2.39. The van der Waals surface area contributed by atoms with Crippen LogP contribution < -0.4 is 0 Å². The molecular weight excluding hydrogens is 146 g/mol. The molecular formula is C4H4ClNO3. The number of carbonyl (C=O) groups is 1. The van der Waals surface area contributed by atoms with Gasteiger partial charge in [-0.15, -0.1) is 0 Å². The molecule has 0 N–H and O–H groups in total. The maximum absolute atomic E-state index is 10.2. The normalized spacial score (nSPS) is 31.7. The van der Waals surface area contributed by atoms with Crippen LogP contribution in [0.1, 0.15) is 6.42 Å². The Morgan fingerprint density at radius 3 is 2.44 bits per heavy atom. The van der Waals surface area contributed by atoms with Gasteiger partial charge in [0.1, 0.15) is 5.92 Å². The minimum atomic E-state index is -0.699. The lowest BCUT2D eigenvalue weighted by Gasteiger charge is -1.83. The van der Waals surface area contributed by atoms with Crippen molar-refractivity contribution in [3.63, 3.8) is 0 Å². The van der Waals surface area contributed by atoms with E-state index in [1.165, 1.54) is 0 Å². The zero-order chi connectivity index (χ0) is 7.02. The van der Waals surface area contributed by atoms with Gasteiger partial charge in [0.15, 0.2) is 0 Å². The van der Waals surface area contributed by atoms with Gasteiger partial charge in [-0.25, -0.2) is 0 Å². The molecule has 1 fully saturated rings. The molecule has 0 aromatic rings. The van der Waals surface area contributed by atoms with Gasteiger partial charge in [-0.2, -0.15) is 0 Å². The SMILES string of the molecule is O=C(Cl)[C@@H]1C[C@H]1[N+](=O)[O-]. The summed E-state index contributed by atoms with van der Waals surface area (Å²) in [4.78, 5) is 19.6. The number of halogens is 1. The molecule has 2 atom stereocenters. The van der Waals surface area contributed by atoms with Gasteiger partial charge in [0.25, 0.3) is 0 Å².